The van der Waals surface area contributed by atoms with Crippen molar-refractivity contribution < 1.29 is 36.9 Å². The number of alkyl halides is 3. The van der Waals surface area contributed by atoms with Crippen molar-refractivity contribution in [2.75, 3.05) is 46.0 Å². The van der Waals surface area contributed by atoms with Crippen LogP contribution in [0.5, 0.6) is 23.0 Å². The number of halogens is 3. The van der Waals surface area contributed by atoms with Gasteiger partial charge in [0.25, 0.3) is 0 Å². The minimum Gasteiger partial charge on any atom is -0.487 e. The molecule has 1 heterocycles. The number of nitrogens with one attached hydrogen (secondary N) is 1. The maximum Gasteiger partial charge on any atom is 0.416 e. The number of aromatic nitrogens is 2. The van der Waals surface area contributed by atoms with Crippen molar-refractivity contribution in [2.45, 2.75) is 6.18 Å². The Kier molecular flexibility index (Phi) is 8.82. The number of benzene rings is 3. The van der Waals surface area contributed by atoms with E-state index in [1.807, 2.05) is 0 Å². The summed E-state index contributed by atoms with van der Waals surface area (Å²) in [5.74, 6) is 2.03. The fraction of sp³-hybridized carbons (Fsp3) is 0.259. The molecule has 11 heteroatoms. The third-order valence-corrected chi connectivity index (χ3v) is 5.30. The van der Waals surface area contributed by atoms with Crippen LogP contribution in [0.3, 0.4) is 0 Å². The van der Waals surface area contributed by atoms with Crippen LogP contribution >= 0.6 is 0 Å². The molecule has 0 bridgehead atoms. The van der Waals surface area contributed by atoms with Crippen molar-refractivity contribution in [3.05, 3.63) is 72.6 Å². The van der Waals surface area contributed by atoms with E-state index < -0.39 is 11.7 Å². The molecule has 8 nitrogen and oxygen atoms in total. The standard InChI is InChI=1S/C27H26F3N3O5/c1-34-10-12-36-24-15-22-23(16-25(24)37-13-11-35-2)31-17-32-26(22)33-19-6-8-20(9-7-19)38-21-5-3-4-18(14-21)27(28,29)30/h3-9,14-17H,10-13H2,1-2H3,(H,31,32,33). The van der Waals surface area contributed by atoms with Crippen LogP contribution in [-0.2, 0) is 15.7 Å². The molecule has 4 rings (SSSR count). The molecule has 0 spiro atoms. The molecular weight excluding hydrogens is 503 g/mol. The van der Waals surface area contributed by atoms with Crippen molar-refractivity contribution in [3.63, 3.8) is 0 Å². The van der Waals surface area contributed by atoms with Crippen LogP contribution in [0, 0.1) is 0 Å². The molecule has 3 aromatic carbocycles. The smallest absolute Gasteiger partial charge is 0.416 e. The summed E-state index contributed by atoms with van der Waals surface area (Å²) >= 11 is 0. The molecule has 0 aliphatic rings. The number of methoxy groups -OCH3 is 2. The summed E-state index contributed by atoms with van der Waals surface area (Å²) in [5, 5.41) is 3.93. The van der Waals surface area contributed by atoms with E-state index in [-0.39, 0.29) is 5.75 Å². The lowest BCUT2D eigenvalue weighted by Gasteiger charge is -2.15. The van der Waals surface area contributed by atoms with E-state index in [9.17, 15) is 13.2 Å². The Morgan fingerprint density at radius 2 is 1.45 bits per heavy atom. The lowest BCUT2D eigenvalue weighted by molar-refractivity contribution is -0.137. The highest BCUT2D eigenvalue weighted by molar-refractivity contribution is 5.93. The Balaban J connectivity index is 1.53. The predicted octanol–water partition coefficient (Wildman–Crippen LogP) is 6.23. The average Bonchev–Trinajstić information content (AvgIpc) is 2.90. The van der Waals surface area contributed by atoms with E-state index in [0.717, 1.165) is 12.1 Å². The van der Waals surface area contributed by atoms with Crippen LogP contribution in [-0.4, -0.2) is 50.6 Å². The van der Waals surface area contributed by atoms with E-state index in [1.54, 1.807) is 50.6 Å². The van der Waals surface area contributed by atoms with E-state index in [1.165, 1.54) is 18.5 Å². The van der Waals surface area contributed by atoms with E-state index in [4.69, 9.17) is 23.7 Å². The van der Waals surface area contributed by atoms with Crippen LogP contribution in [0.2, 0.25) is 0 Å². The number of ether oxygens (including phenoxy) is 5. The van der Waals surface area contributed by atoms with Crippen LogP contribution in [0.15, 0.2) is 67.0 Å². The molecule has 1 N–H and O–H groups in total. The quantitative estimate of drug-likeness (QED) is 0.216. The Morgan fingerprint density at radius 1 is 0.763 bits per heavy atom. The van der Waals surface area contributed by atoms with Gasteiger partial charge in [-0.1, -0.05) is 6.07 Å². The van der Waals surface area contributed by atoms with Gasteiger partial charge in [-0.2, -0.15) is 13.2 Å². The van der Waals surface area contributed by atoms with Crippen molar-refractivity contribution >= 4 is 22.4 Å². The summed E-state index contributed by atoms with van der Waals surface area (Å²) < 4.78 is 66.3. The van der Waals surface area contributed by atoms with Gasteiger partial charge in [0.2, 0.25) is 0 Å². The molecule has 38 heavy (non-hydrogen) atoms. The fourth-order valence-electron chi connectivity index (χ4n) is 3.47. The van der Waals surface area contributed by atoms with Crippen LogP contribution in [0.4, 0.5) is 24.7 Å². The minimum absolute atomic E-state index is 0.0897. The zero-order valence-corrected chi connectivity index (χ0v) is 20.7. The van der Waals surface area contributed by atoms with E-state index >= 15 is 0 Å². The lowest BCUT2D eigenvalue weighted by Crippen LogP contribution is -2.09. The molecule has 200 valence electrons. The molecule has 0 saturated carbocycles. The van der Waals surface area contributed by atoms with Gasteiger partial charge in [0.15, 0.2) is 11.5 Å². The highest BCUT2D eigenvalue weighted by Crippen LogP contribution is 2.36. The number of anilines is 2. The summed E-state index contributed by atoms with van der Waals surface area (Å²) in [6.07, 6.45) is -3.01. The van der Waals surface area contributed by atoms with E-state index in [0.29, 0.717) is 66.1 Å². The number of hydrogen-bond donors (Lipinski definition) is 1. The molecule has 4 aromatic rings. The molecule has 0 amide bonds. The summed E-state index contributed by atoms with van der Waals surface area (Å²) in [6, 6.07) is 15.0. The molecular formula is C27H26F3N3O5. The van der Waals surface area contributed by atoms with Gasteiger partial charge in [-0.3, -0.25) is 0 Å². The highest BCUT2D eigenvalue weighted by Gasteiger charge is 2.30. The van der Waals surface area contributed by atoms with Crippen molar-refractivity contribution in [2.24, 2.45) is 0 Å². The van der Waals surface area contributed by atoms with Gasteiger partial charge >= 0.3 is 6.18 Å². The van der Waals surface area contributed by atoms with Gasteiger partial charge in [0, 0.05) is 31.4 Å². The maximum atomic E-state index is 13.0. The zero-order chi connectivity index (χ0) is 27.0. The largest absolute Gasteiger partial charge is 0.487 e. The molecule has 0 aliphatic heterocycles. The summed E-state index contributed by atoms with van der Waals surface area (Å²) in [5.41, 5.74) is 0.545. The Labute approximate surface area is 217 Å². The summed E-state index contributed by atoms with van der Waals surface area (Å²) in [7, 11) is 3.18. The summed E-state index contributed by atoms with van der Waals surface area (Å²) in [4.78, 5) is 8.72. The number of fused-ring (bicyclic) bond motifs is 1. The Hall–Kier alpha value is -4.09. The van der Waals surface area contributed by atoms with Gasteiger partial charge in [-0.15, -0.1) is 0 Å². The Morgan fingerprint density at radius 3 is 2.11 bits per heavy atom. The number of nitrogens with zero attached hydrogens (tertiary/aromatic N) is 2. The zero-order valence-electron chi connectivity index (χ0n) is 20.7. The third-order valence-electron chi connectivity index (χ3n) is 5.30. The average molecular weight is 530 g/mol. The molecule has 0 atom stereocenters. The molecule has 1 aromatic heterocycles. The first-order valence-electron chi connectivity index (χ1n) is 11.6. The van der Waals surface area contributed by atoms with Crippen molar-refractivity contribution in [1.82, 2.24) is 9.97 Å². The van der Waals surface area contributed by atoms with Gasteiger partial charge in [0.05, 0.1) is 24.3 Å². The molecule has 0 unspecified atom stereocenters. The molecule has 0 fully saturated rings. The second-order valence-corrected chi connectivity index (χ2v) is 8.00. The third kappa shape index (κ3) is 7.02. The van der Waals surface area contributed by atoms with Crippen LogP contribution in [0.1, 0.15) is 5.56 Å². The molecule has 0 aliphatic carbocycles. The predicted molar refractivity (Wildman–Crippen MR) is 136 cm³/mol. The summed E-state index contributed by atoms with van der Waals surface area (Å²) in [6.45, 7) is 1.49. The first-order valence-corrected chi connectivity index (χ1v) is 11.6. The maximum absolute atomic E-state index is 13.0. The lowest BCUT2D eigenvalue weighted by atomic mass is 10.2. The fourth-order valence-corrected chi connectivity index (χ4v) is 3.47. The van der Waals surface area contributed by atoms with E-state index in [2.05, 4.69) is 15.3 Å². The van der Waals surface area contributed by atoms with Crippen molar-refractivity contribution in [1.29, 1.82) is 0 Å². The number of hydrogen-bond acceptors (Lipinski definition) is 8. The second kappa shape index (κ2) is 12.4. The van der Waals surface area contributed by atoms with Crippen LogP contribution in [0.25, 0.3) is 10.9 Å². The molecule has 0 radical (unpaired) electrons. The molecule has 0 saturated heterocycles. The SMILES string of the molecule is COCCOc1cc2ncnc(Nc3ccc(Oc4cccc(C(F)(F)F)c4)cc3)c2cc1OCCOC. The highest BCUT2D eigenvalue weighted by atomic mass is 19.4. The monoisotopic (exact) mass is 529 g/mol. The van der Waals surface area contributed by atoms with Gasteiger partial charge < -0.3 is 29.0 Å². The topological polar surface area (TPSA) is 84.0 Å². The first kappa shape index (κ1) is 27.0. The number of rotatable bonds is 12. The minimum atomic E-state index is -4.45. The van der Waals surface area contributed by atoms with Gasteiger partial charge in [0.1, 0.15) is 36.9 Å². The van der Waals surface area contributed by atoms with Gasteiger partial charge in [-0.05, 0) is 48.5 Å². The second-order valence-electron chi connectivity index (χ2n) is 8.00. The first-order chi connectivity index (χ1) is 18.4. The van der Waals surface area contributed by atoms with Gasteiger partial charge in [-0.25, -0.2) is 9.97 Å². The Bertz CT molecular complexity index is 1350. The van der Waals surface area contributed by atoms with Crippen molar-refractivity contribution in [3.8, 4) is 23.0 Å². The normalized spacial score (nSPS) is 11.4. The van der Waals surface area contributed by atoms with Crippen LogP contribution < -0.4 is 19.5 Å².